The number of aromatic hydroxyl groups is 1. The fourth-order valence-electron chi connectivity index (χ4n) is 2.18. The van der Waals surface area contributed by atoms with Gasteiger partial charge in [0.25, 0.3) is 0 Å². The molecular weight excluding hydrogens is 326 g/mol. The van der Waals surface area contributed by atoms with Gasteiger partial charge in [0.15, 0.2) is 0 Å². The van der Waals surface area contributed by atoms with Crippen LogP contribution in [-0.2, 0) is 18.9 Å². The molecule has 1 aliphatic heterocycles. The van der Waals surface area contributed by atoms with Gasteiger partial charge < -0.3 is 28.8 Å². The van der Waals surface area contributed by atoms with Gasteiger partial charge in [-0.1, -0.05) is 0 Å². The van der Waals surface area contributed by atoms with E-state index in [0.717, 1.165) is 0 Å². The first-order valence-corrected chi connectivity index (χ1v) is 8.35. The highest BCUT2D eigenvalue weighted by Crippen LogP contribution is 2.28. The molecule has 0 atom stereocenters. The summed E-state index contributed by atoms with van der Waals surface area (Å²) in [6.07, 6.45) is 0. The summed E-state index contributed by atoms with van der Waals surface area (Å²) in [6.45, 7) is 7.49. The number of benzene rings is 1. The highest BCUT2D eigenvalue weighted by atomic mass is 16.6. The number of aliphatic imine (C=N–C) groups is 1. The van der Waals surface area contributed by atoms with Gasteiger partial charge in [-0.05, 0) is 32.0 Å². The molecule has 7 heteroatoms. The van der Waals surface area contributed by atoms with Crippen LogP contribution in [-0.4, -0.2) is 69.9 Å². The van der Waals surface area contributed by atoms with Crippen LogP contribution in [0.2, 0.25) is 0 Å². The average Bonchev–Trinajstić information content (AvgIpc) is 2.94. The van der Waals surface area contributed by atoms with E-state index < -0.39 is 0 Å². The van der Waals surface area contributed by atoms with Gasteiger partial charge in [-0.3, -0.25) is 0 Å². The standard InChI is InChI=1S/C18H27NO6/c1-18(2)13-25-17(19-18)15-12-14(4-5-16(15)20)24-11-10-23-9-8-22-7-6-21-3/h4-5,12,20H,6-11,13H2,1-3H3. The van der Waals surface area contributed by atoms with E-state index in [1.807, 2.05) is 13.8 Å². The van der Waals surface area contributed by atoms with Crippen molar-refractivity contribution in [2.24, 2.45) is 4.99 Å². The second-order valence-corrected chi connectivity index (χ2v) is 6.26. The molecule has 0 unspecified atom stereocenters. The summed E-state index contributed by atoms with van der Waals surface area (Å²) >= 11 is 0. The van der Waals surface area contributed by atoms with Gasteiger partial charge in [-0.15, -0.1) is 0 Å². The van der Waals surface area contributed by atoms with Crippen molar-refractivity contribution in [3.63, 3.8) is 0 Å². The smallest absolute Gasteiger partial charge is 0.220 e. The van der Waals surface area contributed by atoms with E-state index in [-0.39, 0.29) is 11.3 Å². The Morgan fingerprint density at radius 1 is 1.08 bits per heavy atom. The fourth-order valence-corrected chi connectivity index (χ4v) is 2.18. The zero-order valence-electron chi connectivity index (χ0n) is 15.1. The van der Waals surface area contributed by atoms with Gasteiger partial charge in [-0.25, -0.2) is 4.99 Å². The molecule has 25 heavy (non-hydrogen) atoms. The Balaban J connectivity index is 1.73. The van der Waals surface area contributed by atoms with Crippen LogP contribution in [0.4, 0.5) is 0 Å². The van der Waals surface area contributed by atoms with Gasteiger partial charge in [0.2, 0.25) is 5.90 Å². The SMILES string of the molecule is COCCOCCOCCOc1ccc(O)c(C2=NC(C)(C)CO2)c1. The molecule has 1 heterocycles. The minimum Gasteiger partial charge on any atom is -0.507 e. The molecule has 1 aromatic carbocycles. The number of methoxy groups -OCH3 is 1. The first-order chi connectivity index (χ1) is 12.0. The lowest BCUT2D eigenvalue weighted by Crippen LogP contribution is -2.17. The van der Waals surface area contributed by atoms with Gasteiger partial charge in [0.05, 0.1) is 44.1 Å². The topological polar surface area (TPSA) is 78.7 Å². The minimum absolute atomic E-state index is 0.119. The van der Waals surface area contributed by atoms with Crippen LogP contribution < -0.4 is 4.74 Å². The minimum atomic E-state index is -0.280. The maximum absolute atomic E-state index is 10.0. The van der Waals surface area contributed by atoms with Crippen molar-refractivity contribution in [3.8, 4) is 11.5 Å². The lowest BCUT2D eigenvalue weighted by atomic mass is 10.1. The van der Waals surface area contributed by atoms with Crippen molar-refractivity contribution in [2.45, 2.75) is 19.4 Å². The summed E-state index contributed by atoms with van der Waals surface area (Å²) in [5.74, 6) is 1.19. The van der Waals surface area contributed by atoms with Crippen LogP contribution in [0.1, 0.15) is 19.4 Å². The number of rotatable bonds is 11. The number of phenolic OH excluding ortho intramolecular Hbond substituents is 1. The summed E-state index contributed by atoms with van der Waals surface area (Å²) in [7, 11) is 1.64. The van der Waals surface area contributed by atoms with Crippen LogP contribution >= 0.6 is 0 Å². The highest BCUT2D eigenvalue weighted by Gasteiger charge is 2.28. The number of hydrogen-bond donors (Lipinski definition) is 1. The quantitative estimate of drug-likeness (QED) is 0.613. The Kier molecular flexibility index (Phi) is 7.49. The molecule has 0 aromatic heterocycles. The Hall–Kier alpha value is -1.83. The lowest BCUT2D eigenvalue weighted by molar-refractivity contribution is 0.0179. The Morgan fingerprint density at radius 2 is 1.76 bits per heavy atom. The van der Waals surface area contributed by atoms with E-state index in [4.69, 9.17) is 23.7 Å². The molecule has 140 valence electrons. The second kappa shape index (κ2) is 9.60. The number of phenols is 1. The molecule has 0 fully saturated rings. The number of hydrogen-bond acceptors (Lipinski definition) is 7. The highest BCUT2D eigenvalue weighted by molar-refractivity contribution is 5.98. The monoisotopic (exact) mass is 353 g/mol. The van der Waals surface area contributed by atoms with Crippen molar-refractivity contribution in [3.05, 3.63) is 23.8 Å². The third-order valence-corrected chi connectivity index (χ3v) is 3.46. The maximum Gasteiger partial charge on any atom is 0.220 e. The predicted molar refractivity (Wildman–Crippen MR) is 93.7 cm³/mol. The Bertz CT molecular complexity index is 573. The van der Waals surface area contributed by atoms with Gasteiger partial charge in [-0.2, -0.15) is 0 Å². The first-order valence-electron chi connectivity index (χ1n) is 8.35. The van der Waals surface area contributed by atoms with E-state index in [1.165, 1.54) is 0 Å². The molecule has 0 aliphatic carbocycles. The molecule has 0 bridgehead atoms. The van der Waals surface area contributed by atoms with Crippen LogP contribution in [0.5, 0.6) is 11.5 Å². The number of ether oxygens (including phenoxy) is 5. The maximum atomic E-state index is 10.0. The summed E-state index contributed by atoms with van der Waals surface area (Å²) in [5, 5.41) is 10.0. The second-order valence-electron chi connectivity index (χ2n) is 6.26. The van der Waals surface area contributed by atoms with Crippen LogP contribution in [0.15, 0.2) is 23.2 Å². The average molecular weight is 353 g/mol. The molecular formula is C18H27NO6. The molecule has 1 N–H and O–H groups in total. The summed E-state index contributed by atoms with van der Waals surface area (Å²) in [6, 6.07) is 5.00. The normalized spacial score (nSPS) is 15.7. The zero-order valence-corrected chi connectivity index (χ0v) is 15.1. The molecule has 1 aliphatic rings. The van der Waals surface area contributed by atoms with Crippen molar-refractivity contribution in [1.82, 2.24) is 0 Å². The van der Waals surface area contributed by atoms with Gasteiger partial charge in [0, 0.05) is 7.11 Å². The van der Waals surface area contributed by atoms with Crippen molar-refractivity contribution < 1.29 is 28.8 Å². The molecule has 0 radical (unpaired) electrons. The lowest BCUT2D eigenvalue weighted by Gasteiger charge is -2.10. The molecule has 7 nitrogen and oxygen atoms in total. The molecule has 0 amide bonds. The van der Waals surface area contributed by atoms with Gasteiger partial charge in [0.1, 0.15) is 24.7 Å². The molecule has 0 saturated carbocycles. The predicted octanol–water partition coefficient (Wildman–Crippen LogP) is 2.01. The third kappa shape index (κ3) is 6.53. The van der Waals surface area contributed by atoms with E-state index >= 15 is 0 Å². The first kappa shape index (κ1) is 19.5. The van der Waals surface area contributed by atoms with E-state index in [0.29, 0.717) is 63.5 Å². The van der Waals surface area contributed by atoms with E-state index in [1.54, 1.807) is 25.3 Å². The third-order valence-electron chi connectivity index (χ3n) is 3.46. The Morgan fingerprint density at radius 3 is 2.40 bits per heavy atom. The van der Waals surface area contributed by atoms with E-state index in [9.17, 15) is 5.11 Å². The zero-order chi connectivity index (χ0) is 18.1. The largest absolute Gasteiger partial charge is 0.507 e. The summed E-state index contributed by atoms with van der Waals surface area (Å²) in [5.41, 5.74) is 0.258. The van der Waals surface area contributed by atoms with Crippen LogP contribution in [0.3, 0.4) is 0 Å². The van der Waals surface area contributed by atoms with E-state index in [2.05, 4.69) is 4.99 Å². The van der Waals surface area contributed by atoms with Crippen molar-refractivity contribution in [2.75, 3.05) is 53.4 Å². The van der Waals surface area contributed by atoms with Gasteiger partial charge >= 0.3 is 0 Å². The molecule has 0 spiro atoms. The molecule has 2 rings (SSSR count). The molecule has 1 aromatic rings. The molecule has 0 saturated heterocycles. The summed E-state index contributed by atoms with van der Waals surface area (Å²) in [4.78, 5) is 4.48. The van der Waals surface area contributed by atoms with Crippen molar-refractivity contribution >= 4 is 5.90 Å². The Labute approximate surface area is 148 Å². The van der Waals surface area contributed by atoms with Crippen LogP contribution in [0.25, 0.3) is 0 Å². The fraction of sp³-hybridized carbons (Fsp3) is 0.611. The van der Waals surface area contributed by atoms with Crippen molar-refractivity contribution in [1.29, 1.82) is 0 Å². The summed E-state index contributed by atoms with van der Waals surface area (Å²) < 4.78 is 26.8. The number of nitrogens with zero attached hydrogens (tertiary/aromatic N) is 1. The van der Waals surface area contributed by atoms with Crippen LogP contribution in [0, 0.1) is 0 Å².